The second kappa shape index (κ2) is 6.88. The summed E-state index contributed by atoms with van der Waals surface area (Å²) in [5.74, 6) is -0.846. The van der Waals surface area contributed by atoms with Gasteiger partial charge in [0, 0.05) is 5.56 Å². The maximum absolute atomic E-state index is 14.4. The van der Waals surface area contributed by atoms with Crippen molar-refractivity contribution in [2.24, 2.45) is 0 Å². The van der Waals surface area contributed by atoms with Crippen molar-refractivity contribution >= 4 is 28.7 Å². The zero-order chi connectivity index (χ0) is 19.0. The van der Waals surface area contributed by atoms with E-state index in [-0.39, 0.29) is 16.6 Å². The number of esters is 1. The van der Waals surface area contributed by atoms with Crippen LogP contribution in [0.2, 0.25) is 5.02 Å². The third-order valence-corrected chi connectivity index (χ3v) is 5.55. The Morgan fingerprint density at radius 2 is 2.07 bits per heavy atom. The molecule has 1 fully saturated rings. The first kappa shape index (κ1) is 17.9. The number of rotatable bonds is 3. The van der Waals surface area contributed by atoms with Crippen LogP contribution in [0.25, 0.3) is 22.4 Å². The van der Waals surface area contributed by atoms with Gasteiger partial charge >= 0.3 is 5.97 Å². The van der Waals surface area contributed by atoms with E-state index in [2.05, 4.69) is 20.2 Å². The van der Waals surface area contributed by atoms with E-state index in [9.17, 15) is 9.18 Å². The smallest absolute Gasteiger partial charge is 0.317 e. The van der Waals surface area contributed by atoms with Crippen molar-refractivity contribution in [3.8, 4) is 11.3 Å². The van der Waals surface area contributed by atoms with Gasteiger partial charge in [0.1, 0.15) is 10.9 Å². The van der Waals surface area contributed by atoms with Crippen LogP contribution in [0.3, 0.4) is 0 Å². The summed E-state index contributed by atoms with van der Waals surface area (Å²) in [5.41, 5.74) is 1.18. The topological polar surface area (TPSA) is 80.8 Å². The van der Waals surface area contributed by atoms with Crippen LogP contribution < -0.4 is 0 Å². The quantitative estimate of drug-likeness (QED) is 0.680. The molecule has 3 aromatic rings. The summed E-state index contributed by atoms with van der Waals surface area (Å²) in [5, 5.41) is 6.99. The number of carbonyl (C=O) groups is 1. The number of methoxy groups -OCH3 is 1. The number of aromatic nitrogens is 4. The first-order valence-corrected chi connectivity index (χ1v) is 9.19. The highest BCUT2D eigenvalue weighted by molar-refractivity contribution is 6.31. The molecule has 1 aliphatic rings. The first-order valence-electron chi connectivity index (χ1n) is 8.81. The van der Waals surface area contributed by atoms with Gasteiger partial charge in [0.2, 0.25) is 5.65 Å². The number of hydrogen-bond acceptors (Lipinski definition) is 5. The molecular formula is C19H18ClFN4O2. The molecule has 0 spiro atoms. The lowest BCUT2D eigenvalue weighted by Gasteiger charge is -2.33. The summed E-state index contributed by atoms with van der Waals surface area (Å²) >= 11 is 5.88. The largest absolute Gasteiger partial charge is 0.468 e. The summed E-state index contributed by atoms with van der Waals surface area (Å²) in [6, 6.07) is 4.73. The van der Waals surface area contributed by atoms with E-state index in [4.69, 9.17) is 16.3 Å². The van der Waals surface area contributed by atoms with Crippen LogP contribution in [0.1, 0.15) is 37.8 Å². The number of aromatic amines is 1. The maximum Gasteiger partial charge on any atom is 0.317 e. The molecule has 8 heteroatoms. The molecule has 0 atom stereocenters. The molecule has 0 saturated heterocycles. The van der Waals surface area contributed by atoms with E-state index >= 15 is 0 Å². The number of hydrogen-bond donors (Lipinski definition) is 1. The number of H-pyrrole nitrogens is 1. The number of nitrogens with zero attached hydrogens (tertiary/aromatic N) is 3. The number of ether oxygens (including phenoxy) is 1. The van der Waals surface area contributed by atoms with Gasteiger partial charge in [-0.1, -0.05) is 36.9 Å². The van der Waals surface area contributed by atoms with Gasteiger partial charge in [0.15, 0.2) is 5.82 Å². The molecule has 6 nitrogen and oxygen atoms in total. The van der Waals surface area contributed by atoms with Crippen molar-refractivity contribution in [2.45, 2.75) is 37.5 Å². The summed E-state index contributed by atoms with van der Waals surface area (Å²) in [6.45, 7) is 0. The van der Waals surface area contributed by atoms with E-state index in [0.717, 1.165) is 19.3 Å². The highest BCUT2D eigenvalue weighted by Gasteiger charge is 2.44. The van der Waals surface area contributed by atoms with Crippen LogP contribution in [-0.4, -0.2) is 33.2 Å². The highest BCUT2D eigenvalue weighted by atomic mass is 35.5. The molecule has 0 amide bonds. The molecule has 1 aromatic carbocycles. The fourth-order valence-corrected chi connectivity index (χ4v) is 4.00. The standard InChI is InChI=1S/C19H18ClFN4O2/c1-27-18(26)19(8-3-2-4-9-19)13-10-22-16-15(24-25-17(16)23-13)11-6-5-7-12(20)14(11)21/h5-7,10H,2-4,8-9H2,1H3,(H,23,24,25). The molecule has 0 bridgehead atoms. The molecule has 0 unspecified atom stereocenters. The minimum atomic E-state index is -0.797. The molecule has 1 aliphatic carbocycles. The van der Waals surface area contributed by atoms with Crippen molar-refractivity contribution in [2.75, 3.05) is 7.11 Å². The molecule has 2 heterocycles. The average molecular weight is 389 g/mol. The lowest BCUT2D eigenvalue weighted by atomic mass is 9.72. The summed E-state index contributed by atoms with van der Waals surface area (Å²) in [7, 11) is 1.39. The fourth-order valence-electron chi connectivity index (χ4n) is 3.83. The Kier molecular flexibility index (Phi) is 4.55. The SMILES string of the molecule is COC(=O)C1(c2cnc3c(-c4cccc(Cl)c4F)[nH]nc3n2)CCCCC1. The monoisotopic (exact) mass is 388 g/mol. The Labute approximate surface area is 160 Å². The molecule has 4 rings (SSSR count). The van der Waals surface area contributed by atoms with Crippen molar-refractivity contribution in [3.63, 3.8) is 0 Å². The zero-order valence-electron chi connectivity index (χ0n) is 14.8. The van der Waals surface area contributed by atoms with Crippen LogP contribution >= 0.6 is 11.6 Å². The number of fused-ring (bicyclic) bond motifs is 1. The molecule has 0 aliphatic heterocycles. The van der Waals surface area contributed by atoms with Gasteiger partial charge < -0.3 is 4.74 Å². The molecule has 27 heavy (non-hydrogen) atoms. The van der Waals surface area contributed by atoms with Crippen LogP contribution in [0, 0.1) is 5.82 Å². The Hall–Kier alpha value is -2.54. The molecular weight excluding hydrogens is 371 g/mol. The van der Waals surface area contributed by atoms with E-state index in [1.165, 1.54) is 13.2 Å². The first-order chi connectivity index (χ1) is 13.1. The number of carbonyl (C=O) groups excluding carboxylic acids is 1. The Morgan fingerprint density at radius 3 is 2.81 bits per heavy atom. The Morgan fingerprint density at radius 1 is 1.30 bits per heavy atom. The average Bonchev–Trinajstić information content (AvgIpc) is 3.13. The second-order valence-electron chi connectivity index (χ2n) is 6.76. The highest BCUT2D eigenvalue weighted by Crippen LogP contribution is 2.40. The summed E-state index contributed by atoms with van der Waals surface area (Å²) in [4.78, 5) is 21.6. The molecule has 140 valence electrons. The summed E-state index contributed by atoms with van der Waals surface area (Å²) in [6.07, 6.45) is 5.84. The van der Waals surface area contributed by atoms with Gasteiger partial charge in [-0.3, -0.25) is 9.89 Å². The fraction of sp³-hybridized carbons (Fsp3) is 0.368. The van der Waals surface area contributed by atoms with E-state index < -0.39 is 11.2 Å². The second-order valence-corrected chi connectivity index (χ2v) is 7.17. The third-order valence-electron chi connectivity index (χ3n) is 5.26. The molecule has 1 N–H and O–H groups in total. The minimum absolute atomic E-state index is 0.0201. The van der Waals surface area contributed by atoms with Crippen LogP contribution in [-0.2, 0) is 14.9 Å². The van der Waals surface area contributed by atoms with Gasteiger partial charge in [-0.2, -0.15) is 5.10 Å². The van der Waals surface area contributed by atoms with Crippen molar-refractivity contribution in [3.05, 3.63) is 40.9 Å². The van der Waals surface area contributed by atoms with Crippen LogP contribution in [0.5, 0.6) is 0 Å². The van der Waals surface area contributed by atoms with Gasteiger partial charge in [-0.05, 0) is 25.0 Å². The molecule has 0 radical (unpaired) electrons. The van der Waals surface area contributed by atoms with E-state index in [1.54, 1.807) is 18.3 Å². The summed E-state index contributed by atoms with van der Waals surface area (Å²) < 4.78 is 19.5. The number of halogens is 2. The zero-order valence-corrected chi connectivity index (χ0v) is 15.5. The lowest BCUT2D eigenvalue weighted by Crippen LogP contribution is -2.39. The van der Waals surface area contributed by atoms with Gasteiger partial charge in [-0.25, -0.2) is 14.4 Å². The lowest BCUT2D eigenvalue weighted by molar-refractivity contribution is -0.149. The molecule has 2 aromatic heterocycles. The minimum Gasteiger partial charge on any atom is -0.468 e. The number of nitrogens with one attached hydrogen (secondary N) is 1. The van der Waals surface area contributed by atoms with Gasteiger partial charge in [0.25, 0.3) is 0 Å². The van der Waals surface area contributed by atoms with E-state index in [1.807, 2.05) is 0 Å². The predicted molar refractivity (Wildman–Crippen MR) is 98.9 cm³/mol. The van der Waals surface area contributed by atoms with Crippen molar-refractivity contribution in [1.82, 2.24) is 20.2 Å². The Balaban J connectivity index is 1.82. The van der Waals surface area contributed by atoms with Crippen molar-refractivity contribution in [1.29, 1.82) is 0 Å². The van der Waals surface area contributed by atoms with Crippen LogP contribution in [0.15, 0.2) is 24.4 Å². The maximum atomic E-state index is 14.4. The van der Waals surface area contributed by atoms with Gasteiger partial charge in [0.05, 0.1) is 29.7 Å². The number of benzene rings is 1. The third kappa shape index (κ3) is 2.86. The van der Waals surface area contributed by atoms with Gasteiger partial charge in [-0.15, -0.1) is 0 Å². The van der Waals surface area contributed by atoms with E-state index in [0.29, 0.717) is 35.4 Å². The predicted octanol–water partition coefficient (Wildman–Crippen LogP) is 4.19. The Bertz CT molecular complexity index is 1010. The normalized spacial score (nSPS) is 16.4. The molecule has 1 saturated carbocycles. The van der Waals surface area contributed by atoms with Crippen LogP contribution in [0.4, 0.5) is 4.39 Å². The van der Waals surface area contributed by atoms with Crippen molar-refractivity contribution < 1.29 is 13.9 Å².